The van der Waals surface area contributed by atoms with Crippen molar-refractivity contribution in [2.75, 3.05) is 19.8 Å². The summed E-state index contributed by atoms with van der Waals surface area (Å²) in [6.07, 6.45) is 0. The van der Waals surface area contributed by atoms with Gasteiger partial charge in [-0.2, -0.15) is 9.78 Å². The Labute approximate surface area is 179 Å². The second kappa shape index (κ2) is 9.52. The third-order valence-electron chi connectivity index (χ3n) is 4.79. The van der Waals surface area contributed by atoms with Crippen LogP contribution < -0.4 is 0 Å². The maximum Gasteiger partial charge on any atom is 0.340 e. The van der Waals surface area contributed by atoms with Gasteiger partial charge in [0.25, 0.3) is 0 Å². The zero-order valence-electron chi connectivity index (χ0n) is 17.8. The zero-order valence-corrected chi connectivity index (χ0v) is 18.7. The molecule has 3 aromatic rings. The minimum atomic E-state index is -4.00. The predicted octanol–water partition coefficient (Wildman–Crippen LogP) is 3.60. The normalized spacial score (nSPS) is 13.8. The lowest BCUT2D eigenvalue weighted by Gasteiger charge is -2.29. The van der Waals surface area contributed by atoms with Crippen LogP contribution in [0.25, 0.3) is 16.6 Å². The van der Waals surface area contributed by atoms with E-state index in [1.165, 1.54) is 4.52 Å². The second-order valence-corrected chi connectivity index (χ2v) is 8.86. The highest BCUT2D eigenvalue weighted by atomic mass is 31.2. The van der Waals surface area contributed by atoms with Gasteiger partial charge in [0.2, 0.25) is 0 Å². The molecule has 10 nitrogen and oxygen atoms in total. The number of hydrogen-bond acceptors (Lipinski definition) is 9. The Morgan fingerprint density at radius 1 is 1.23 bits per heavy atom. The Morgan fingerprint density at radius 2 is 1.94 bits per heavy atom. The number of aromatic nitrogens is 4. The summed E-state index contributed by atoms with van der Waals surface area (Å²) in [6, 6.07) is 9.30. The molecule has 0 aliphatic heterocycles. The molecule has 0 spiro atoms. The van der Waals surface area contributed by atoms with Crippen molar-refractivity contribution < 1.29 is 23.1 Å². The largest absolute Gasteiger partial charge is 0.465 e. The van der Waals surface area contributed by atoms with E-state index < -0.39 is 25.1 Å². The summed E-state index contributed by atoms with van der Waals surface area (Å²) >= 11 is 0. The van der Waals surface area contributed by atoms with Crippen LogP contribution in [0.15, 0.2) is 24.3 Å². The van der Waals surface area contributed by atoms with Crippen molar-refractivity contribution in [1.82, 2.24) is 20.0 Å². The van der Waals surface area contributed by atoms with Crippen LogP contribution in [0.1, 0.15) is 37.6 Å². The van der Waals surface area contributed by atoms with Crippen LogP contribution in [-0.2, 0) is 23.1 Å². The molecule has 0 fully saturated rings. The fourth-order valence-corrected chi connectivity index (χ4v) is 5.83. The van der Waals surface area contributed by atoms with Crippen molar-refractivity contribution in [2.45, 2.75) is 33.4 Å². The summed E-state index contributed by atoms with van der Waals surface area (Å²) in [5.74, 6) is -2.27. The maximum absolute atomic E-state index is 13.9. The smallest absolute Gasteiger partial charge is 0.340 e. The molecular weight excluding hydrogens is 421 g/mol. The first kappa shape index (κ1) is 22.8. The Balaban J connectivity index is 2.37. The van der Waals surface area contributed by atoms with Gasteiger partial charge in [0.05, 0.1) is 31.4 Å². The molecule has 0 amide bonds. The highest BCUT2D eigenvalue weighted by molar-refractivity contribution is 7.54. The van der Waals surface area contributed by atoms with E-state index in [9.17, 15) is 14.6 Å². The number of hydrogen-bond donors (Lipinski definition) is 0. The molecule has 0 bridgehead atoms. The number of rotatable bonds is 9. The van der Waals surface area contributed by atoms with E-state index in [0.29, 0.717) is 5.56 Å². The summed E-state index contributed by atoms with van der Waals surface area (Å²) in [5, 5.41) is 22.6. The number of aryl methyl sites for hydroxylation is 1. The van der Waals surface area contributed by atoms with Gasteiger partial charge in [-0.3, -0.25) is 9.36 Å². The van der Waals surface area contributed by atoms with Crippen LogP contribution in [0.2, 0.25) is 0 Å². The molecule has 1 aromatic carbocycles. The number of ether oxygens (including phenoxy) is 1. The molecule has 2 atom stereocenters. The summed E-state index contributed by atoms with van der Waals surface area (Å²) in [5.41, 5.74) is 0.981. The maximum atomic E-state index is 13.9. The number of carbonyl (C=O) groups is 1. The fraction of sp³-hybridized carbons (Fsp3) is 0.450. The Bertz CT molecular complexity index is 1180. The van der Waals surface area contributed by atoms with Gasteiger partial charge in [-0.25, -0.2) is 0 Å². The van der Waals surface area contributed by atoms with Crippen molar-refractivity contribution in [3.05, 3.63) is 35.4 Å². The first-order valence-electron chi connectivity index (χ1n) is 9.97. The van der Waals surface area contributed by atoms with Gasteiger partial charge in [-0.15, -0.1) is 5.10 Å². The third-order valence-corrected chi connectivity index (χ3v) is 7.29. The van der Waals surface area contributed by atoms with Crippen LogP contribution in [0.5, 0.6) is 0 Å². The number of nitriles is 1. The van der Waals surface area contributed by atoms with E-state index >= 15 is 0 Å². The molecule has 0 radical (unpaired) electrons. The van der Waals surface area contributed by atoms with E-state index in [1.807, 2.05) is 31.2 Å². The topological polar surface area (TPSA) is 129 Å². The fourth-order valence-electron chi connectivity index (χ4n) is 3.63. The molecule has 0 N–H and O–H groups in total. The average Bonchev–Trinajstić information content (AvgIpc) is 3.22. The number of pyridine rings is 1. The Morgan fingerprint density at radius 3 is 2.55 bits per heavy atom. The number of para-hydroxylation sites is 1. The molecule has 0 saturated heterocycles. The van der Waals surface area contributed by atoms with Crippen molar-refractivity contribution in [2.24, 2.45) is 5.92 Å². The standard InChI is InChI=1S/C20H24N5O5P/c1-5-28-20(26)16(12-21)18(31(27,29-6-2)30-7-3)15-11-14-10-8-9-13(4)17(14)25-19(15)22-23-24-25/h8-11,16,18H,5-7H2,1-4H3. The number of nitrogens with zero attached hydrogens (tertiary/aromatic N) is 5. The first-order chi connectivity index (χ1) is 14.9. The molecule has 164 valence electrons. The molecule has 11 heteroatoms. The number of carbonyl (C=O) groups excluding carboxylic acids is 1. The van der Waals surface area contributed by atoms with Gasteiger partial charge in [0.1, 0.15) is 5.66 Å². The lowest BCUT2D eigenvalue weighted by molar-refractivity contribution is -0.146. The highest BCUT2D eigenvalue weighted by Crippen LogP contribution is 2.64. The summed E-state index contributed by atoms with van der Waals surface area (Å²) < 4.78 is 31.6. The number of fused-ring (bicyclic) bond motifs is 3. The van der Waals surface area contributed by atoms with Gasteiger partial charge < -0.3 is 13.8 Å². The third kappa shape index (κ3) is 4.17. The second-order valence-electron chi connectivity index (χ2n) is 6.71. The van der Waals surface area contributed by atoms with Crippen molar-refractivity contribution in [1.29, 1.82) is 5.26 Å². The van der Waals surface area contributed by atoms with Crippen molar-refractivity contribution in [3.8, 4) is 6.07 Å². The van der Waals surface area contributed by atoms with Gasteiger partial charge in [-0.05, 0) is 49.8 Å². The monoisotopic (exact) mass is 445 g/mol. The minimum absolute atomic E-state index is 0.0582. The van der Waals surface area contributed by atoms with E-state index in [0.717, 1.165) is 16.5 Å². The quantitative estimate of drug-likeness (QED) is 0.358. The molecule has 2 heterocycles. The number of benzene rings is 1. The minimum Gasteiger partial charge on any atom is -0.465 e. The molecule has 3 rings (SSSR count). The summed E-state index contributed by atoms with van der Waals surface area (Å²) in [7, 11) is -4.00. The van der Waals surface area contributed by atoms with Gasteiger partial charge in [0.15, 0.2) is 11.6 Å². The van der Waals surface area contributed by atoms with Crippen LogP contribution >= 0.6 is 7.60 Å². The number of esters is 1. The van der Waals surface area contributed by atoms with Gasteiger partial charge in [-0.1, -0.05) is 18.2 Å². The average molecular weight is 445 g/mol. The lowest BCUT2D eigenvalue weighted by Crippen LogP contribution is -2.25. The van der Waals surface area contributed by atoms with Crippen LogP contribution in [0.3, 0.4) is 0 Å². The Kier molecular flexibility index (Phi) is 7.01. The van der Waals surface area contributed by atoms with Crippen LogP contribution in [-0.4, -0.2) is 45.8 Å². The molecule has 2 unspecified atom stereocenters. The van der Waals surface area contributed by atoms with E-state index in [2.05, 4.69) is 15.5 Å². The van der Waals surface area contributed by atoms with Crippen molar-refractivity contribution in [3.63, 3.8) is 0 Å². The van der Waals surface area contributed by atoms with E-state index in [4.69, 9.17) is 13.8 Å². The highest BCUT2D eigenvalue weighted by Gasteiger charge is 2.48. The molecule has 0 aliphatic carbocycles. The first-order valence-corrected chi connectivity index (χ1v) is 11.6. The van der Waals surface area contributed by atoms with Gasteiger partial charge >= 0.3 is 13.6 Å². The lowest BCUT2D eigenvalue weighted by atomic mass is 9.98. The van der Waals surface area contributed by atoms with Gasteiger partial charge in [0, 0.05) is 10.9 Å². The summed E-state index contributed by atoms with van der Waals surface area (Å²) in [6.45, 7) is 7.05. The Hall–Kier alpha value is -2.86. The van der Waals surface area contributed by atoms with Crippen LogP contribution in [0.4, 0.5) is 0 Å². The molecule has 0 aliphatic rings. The zero-order chi connectivity index (χ0) is 22.6. The SMILES string of the molecule is CCOC(=O)C(C#N)C(c1cc2cccc(C)c2n2nnnc12)P(=O)(OCC)OCC. The molecule has 0 saturated carbocycles. The van der Waals surface area contributed by atoms with E-state index in [-0.39, 0.29) is 25.5 Å². The summed E-state index contributed by atoms with van der Waals surface area (Å²) in [4.78, 5) is 12.7. The number of tetrazole rings is 1. The predicted molar refractivity (Wildman–Crippen MR) is 112 cm³/mol. The molecule has 2 aromatic heterocycles. The molecule has 31 heavy (non-hydrogen) atoms. The molecular formula is C20H24N5O5P. The van der Waals surface area contributed by atoms with Crippen molar-refractivity contribution >= 4 is 30.1 Å². The van der Waals surface area contributed by atoms with Crippen LogP contribution in [0, 0.1) is 24.2 Å². The van der Waals surface area contributed by atoms with E-state index in [1.54, 1.807) is 26.8 Å².